The summed E-state index contributed by atoms with van der Waals surface area (Å²) < 4.78 is 5.20. The van der Waals surface area contributed by atoms with Gasteiger partial charge in [0.05, 0.1) is 25.8 Å². The lowest BCUT2D eigenvalue weighted by atomic mass is 10.2. The number of hydrogen-bond acceptors (Lipinski definition) is 4. The van der Waals surface area contributed by atoms with Crippen LogP contribution in [0.15, 0.2) is 0 Å². The first kappa shape index (κ1) is 15.9. The summed E-state index contributed by atoms with van der Waals surface area (Å²) in [7, 11) is 0. The van der Waals surface area contributed by atoms with E-state index in [9.17, 15) is 9.59 Å². The van der Waals surface area contributed by atoms with Crippen LogP contribution in [0, 0.1) is 5.92 Å². The minimum absolute atomic E-state index is 0.0277. The maximum atomic E-state index is 12.1. The van der Waals surface area contributed by atoms with Crippen molar-refractivity contribution in [2.24, 2.45) is 5.92 Å². The Hall–Kier alpha value is -1.14. The molecule has 1 aliphatic heterocycles. The summed E-state index contributed by atoms with van der Waals surface area (Å²) in [5, 5.41) is 5.77. The molecule has 2 amide bonds. The quantitative estimate of drug-likeness (QED) is 0.689. The Morgan fingerprint density at radius 3 is 2.42 bits per heavy atom. The van der Waals surface area contributed by atoms with Crippen LogP contribution in [0.25, 0.3) is 0 Å². The first-order chi connectivity index (χ1) is 9.00. The second-order valence-corrected chi connectivity index (χ2v) is 5.24. The van der Waals surface area contributed by atoms with Gasteiger partial charge in [-0.05, 0) is 12.8 Å². The smallest absolute Gasteiger partial charge is 0.239 e. The summed E-state index contributed by atoms with van der Waals surface area (Å²) in [6.07, 6.45) is 0. The molecule has 0 aromatic carbocycles. The Morgan fingerprint density at radius 2 is 1.84 bits per heavy atom. The molecule has 1 atom stereocenters. The van der Waals surface area contributed by atoms with Gasteiger partial charge in [0, 0.05) is 19.6 Å². The summed E-state index contributed by atoms with van der Waals surface area (Å²) in [5.41, 5.74) is 0. The molecule has 19 heavy (non-hydrogen) atoms. The SMILES string of the molecule is CC(C)CNC(=O)CNC(C)C(=O)N1CCOCC1. The number of rotatable bonds is 6. The number of amides is 2. The molecular weight excluding hydrogens is 246 g/mol. The van der Waals surface area contributed by atoms with Crippen molar-refractivity contribution in [1.82, 2.24) is 15.5 Å². The van der Waals surface area contributed by atoms with Crippen LogP contribution in [0.3, 0.4) is 0 Å². The van der Waals surface area contributed by atoms with Crippen LogP contribution in [0.5, 0.6) is 0 Å². The van der Waals surface area contributed by atoms with Crippen molar-refractivity contribution < 1.29 is 14.3 Å². The molecular formula is C13H25N3O3. The van der Waals surface area contributed by atoms with Crippen LogP contribution in [0.4, 0.5) is 0 Å². The number of nitrogens with one attached hydrogen (secondary N) is 2. The zero-order chi connectivity index (χ0) is 14.3. The third-order valence-corrected chi connectivity index (χ3v) is 2.97. The number of hydrogen-bond donors (Lipinski definition) is 2. The van der Waals surface area contributed by atoms with Crippen LogP contribution < -0.4 is 10.6 Å². The molecule has 1 fully saturated rings. The Kier molecular flexibility index (Phi) is 6.80. The molecule has 6 heteroatoms. The van der Waals surface area contributed by atoms with E-state index in [0.717, 1.165) is 0 Å². The van der Waals surface area contributed by atoms with Gasteiger partial charge in [-0.3, -0.25) is 14.9 Å². The van der Waals surface area contributed by atoms with Gasteiger partial charge in [0.2, 0.25) is 11.8 Å². The van der Waals surface area contributed by atoms with Crippen molar-refractivity contribution >= 4 is 11.8 Å². The monoisotopic (exact) mass is 271 g/mol. The summed E-state index contributed by atoms with van der Waals surface area (Å²) in [6, 6.07) is -0.345. The minimum Gasteiger partial charge on any atom is -0.378 e. The number of ether oxygens (including phenoxy) is 1. The van der Waals surface area contributed by atoms with Crippen LogP contribution >= 0.6 is 0 Å². The van der Waals surface area contributed by atoms with E-state index in [1.54, 1.807) is 11.8 Å². The van der Waals surface area contributed by atoms with Gasteiger partial charge in [-0.15, -0.1) is 0 Å². The molecule has 0 saturated carbocycles. The summed E-state index contributed by atoms with van der Waals surface area (Å²) in [6.45, 7) is 9.13. The van der Waals surface area contributed by atoms with E-state index >= 15 is 0 Å². The predicted molar refractivity (Wildman–Crippen MR) is 72.7 cm³/mol. The molecule has 0 radical (unpaired) electrons. The Morgan fingerprint density at radius 1 is 1.21 bits per heavy atom. The van der Waals surface area contributed by atoms with E-state index < -0.39 is 0 Å². The zero-order valence-electron chi connectivity index (χ0n) is 12.1. The fourth-order valence-electron chi connectivity index (χ4n) is 1.77. The Balaban J connectivity index is 2.23. The van der Waals surface area contributed by atoms with Crippen LogP contribution in [-0.4, -0.2) is 62.1 Å². The van der Waals surface area contributed by atoms with Crippen LogP contribution in [0.1, 0.15) is 20.8 Å². The van der Waals surface area contributed by atoms with E-state index in [4.69, 9.17) is 4.74 Å². The molecule has 110 valence electrons. The largest absolute Gasteiger partial charge is 0.378 e. The van der Waals surface area contributed by atoms with Gasteiger partial charge in [0.15, 0.2) is 0 Å². The molecule has 0 aromatic heterocycles. The normalized spacial score (nSPS) is 17.4. The minimum atomic E-state index is -0.345. The maximum absolute atomic E-state index is 12.1. The highest BCUT2D eigenvalue weighted by Crippen LogP contribution is 2.00. The van der Waals surface area contributed by atoms with Crippen molar-refractivity contribution in [3.05, 3.63) is 0 Å². The third-order valence-electron chi connectivity index (χ3n) is 2.97. The highest BCUT2D eigenvalue weighted by molar-refractivity contribution is 5.83. The first-order valence-electron chi connectivity index (χ1n) is 6.87. The van der Waals surface area contributed by atoms with Crippen molar-refractivity contribution in [1.29, 1.82) is 0 Å². The van der Waals surface area contributed by atoms with Crippen LogP contribution in [-0.2, 0) is 14.3 Å². The molecule has 2 N–H and O–H groups in total. The molecule has 1 heterocycles. The van der Waals surface area contributed by atoms with Gasteiger partial charge in [0.1, 0.15) is 0 Å². The molecule has 1 rings (SSSR count). The lowest BCUT2D eigenvalue weighted by Crippen LogP contribution is -2.51. The van der Waals surface area contributed by atoms with Crippen molar-refractivity contribution in [3.63, 3.8) is 0 Å². The van der Waals surface area contributed by atoms with E-state index in [1.807, 2.05) is 13.8 Å². The molecule has 0 aliphatic carbocycles. The predicted octanol–water partition coefficient (Wildman–Crippen LogP) is -0.404. The van der Waals surface area contributed by atoms with Crippen LogP contribution in [0.2, 0.25) is 0 Å². The second-order valence-electron chi connectivity index (χ2n) is 5.24. The number of nitrogens with zero attached hydrogens (tertiary/aromatic N) is 1. The molecule has 1 aliphatic rings. The second kappa shape index (κ2) is 8.12. The topological polar surface area (TPSA) is 70.7 Å². The van der Waals surface area contributed by atoms with Gasteiger partial charge in [-0.25, -0.2) is 0 Å². The summed E-state index contributed by atoms with van der Waals surface area (Å²) in [4.78, 5) is 25.4. The average Bonchev–Trinajstić information content (AvgIpc) is 2.42. The number of carbonyl (C=O) groups is 2. The van der Waals surface area contributed by atoms with E-state index in [0.29, 0.717) is 38.8 Å². The lowest BCUT2D eigenvalue weighted by molar-refractivity contribution is -0.137. The van der Waals surface area contributed by atoms with Crippen molar-refractivity contribution in [3.8, 4) is 0 Å². The van der Waals surface area contributed by atoms with Gasteiger partial charge in [0.25, 0.3) is 0 Å². The van der Waals surface area contributed by atoms with Gasteiger partial charge in [-0.1, -0.05) is 13.8 Å². The van der Waals surface area contributed by atoms with Crippen molar-refractivity contribution in [2.75, 3.05) is 39.4 Å². The standard InChI is InChI=1S/C13H25N3O3/c1-10(2)8-15-12(17)9-14-11(3)13(18)16-4-6-19-7-5-16/h10-11,14H,4-9H2,1-3H3,(H,15,17). The number of carbonyl (C=O) groups excluding carboxylic acids is 2. The van der Waals surface area contributed by atoms with Gasteiger partial charge < -0.3 is 15.0 Å². The molecule has 0 aromatic rings. The summed E-state index contributed by atoms with van der Waals surface area (Å²) >= 11 is 0. The van der Waals surface area contributed by atoms with Gasteiger partial charge >= 0.3 is 0 Å². The van der Waals surface area contributed by atoms with Crippen molar-refractivity contribution in [2.45, 2.75) is 26.8 Å². The molecule has 0 bridgehead atoms. The third kappa shape index (κ3) is 6.02. The zero-order valence-corrected chi connectivity index (χ0v) is 12.1. The van der Waals surface area contributed by atoms with E-state index in [1.165, 1.54) is 0 Å². The average molecular weight is 271 g/mol. The maximum Gasteiger partial charge on any atom is 0.239 e. The van der Waals surface area contributed by atoms with E-state index in [2.05, 4.69) is 10.6 Å². The fraction of sp³-hybridized carbons (Fsp3) is 0.846. The molecule has 1 unspecified atom stereocenters. The molecule has 6 nitrogen and oxygen atoms in total. The Labute approximate surface area is 114 Å². The summed E-state index contributed by atoms with van der Waals surface area (Å²) in [5.74, 6) is 0.381. The Bertz CT molecular complexity index is 302. The lowest BCUT2D eigenvalue weighted by Gasteiger charge is -2.29. The fourth-order valence-corrected chi connectivity index (χ4v) is 1.77. The van der Waals surface area contributed by atoms with E-state index in [-0.39, 0.29) is 24.4 Å². The highest BCUT2D eigenvalue weighted by atomic mass is 16.5. The number of morpholine rings is 1. The molecule has 0 spiro atoms. The first-order valence-corrected chi connectivity index (χ1v) is 6.87. The van der Waals surface area contributed by atoms with Gasteiger partial charge in [-0.2, -0.15) is 0 Å². The highest BCUT2D eigenvalue weighted by Gasteiger charge is 2.22. The molecule has 1 saturated heterocycles.